The van der Waals surface area contributed by atoms with Gasteiger partial charge in [0.2, 0.25) is 0 Å². The van der Waals surface area contributed by atoms with Gasteiger partial charge in [-0.05, 0) is 24.6 Å². The summed E-state index contributed by atoms with van der Waals surface area (Å²) in [4.78, 5) is 9.04. The molecule has 0 atom stereocenters. The van der Waals surface area contributed by atoms with Gasteiger partial charge >= 0.3 is 0 Å². The van der Waals surface area contributed by atoms with Crippen molar-refractivity contribution < 1.29 is 8.78 Å². The zero-order valence-corrected chi connectivity index (χ0v) is 12.1. The molecule has 0 aliphatic carbocycles. The summed E-state index contributed by atoms with van der Waals surface area (Å²) in [6.07, 6.45) is 3.24. The quantitative estimate of drug-likeness (QED) is 0.849. The molecular formula is C14H15F2N3S. The van der Waals surface area contributed by atoms with E-state index in [0.29, 0.717) is 4.90 Å². The van der Waals surface area contributed by atoms with Gasteiger partial charge in [-0.15, -0.1) is 0 Å². The summed E-state index contributed by atoms with van der Waals surface area (Å²) in [6.45, 7) is 2.07. The van der Waals surface area contributed by atoms with E-state index < -0.39 is 11.6 Å². The lowest BCUT2D eigenvalue weighted by Crippen LogP contribution is -2.02. The van der Waals surface area contributed by atoms with E-state index in [1.165, 1.54) is 24.2 Å². The number of nitrogens with one attached hydrogen (secondary N) is 1. The van der Waals surface area contributed by atoms with Crippen molar-refractivity contribution in [2.45, 2.75) is 29.7 Å². The van der Waals surface area contributed by atoms with Gasteiger partial charge in [0.05, 0.1) is 0 Å². The van der Waals surface area contributed by atoms with E-state index in [-0.39, 0.29) is 0 Å². The smallest absolute Gasteiger partial charge is 0.159 e. The van der Waals surface area contributed by atoms with Crippen LogP contribution in [-0.4, -0.2) is 17.0 Å². The Morgan fingerprint density at radius 3 is 2.65 bits per heavy atom. The molecule has 0 amide bonds. The first-order valence-electron chi connectivity index (χ1n) is 6.30. The fraction of sp³-hybridized carbons (Fsp3) is 0.286. The van der Waals surface area contributed by atoms with Gasteiger partial charge in [-0.3, -0.25) is 0 Å². The monoisotopic (exact) mass is 295 g/mol. The Balaban J connectivity index is 2.34. The molecule has 0 saturated heterocycles. The first-order chi connectivity index (χ1) is 9.65. The molecule has 0 saturated carbocycles. The van der Waals surface area contributed by atoms with Crippen LogP contribution in [0.4, 0.5) is 14.6 Å². The Morgan fingerprint density at radius 1 is 1.20 bits per heavy atom. The number of hydrogen-bond donors (Lipinski definition) is 1. The second-order valence-electron chi connectivity index (χ2n) is 4.18. The number of aromatic nitrogens is 2. The first kappa shape index (κ1) is 14.7. The van der Waals surface area contributed by atoms with Gasteiger partial charge in [0.25, 0.3) is 0 Å². The van der Waals surface area contributed by atoms with E-state index in [0.717, 1.165) is 35.3 Å². The molecule has 0 fully saturated rings. The van der Waals surface area contributed by atoms with E-state index in [9.17, 15) is 8.78 Å². The van der Waals surface area contributed by atoms with Crippen LogP contribution in [0.2, 0.25) is 0 Å². The van der Waals surface area contributed by atoms with Crippen LogP contribution in [0, 0.1) is 11.6 Å². The highest BCUT2D eigenvalue weighted by molar-refractivity contribution is 7.99. The van der Waals surface area contributed by atoms with Gasteiger partial charge in [0, 0.05) is 17.5 Å². The number of nitrogens with zero attached hydrogens (tertiary/aromatic N) is 2. The highest BCUT2D eigenvalue weighted by Crippen LogP contribution is 2.32. The highest BCUT2D eigenvalue weighted by Gasteiger charge is 2.12. The second-order valence-corrected chi connectivity index (χ2v) is 5.25. The predicted molar refractivity (Wildman–Crippen MR) is 76.1 cm³/mol. The molecule has 6 heteroatoms. The van der Waals surface area contributed by atoms with Crippen molar-refractivity contribution in [2.75, 3.05) is 12.4 Å². The van der Waals surface area contributed by atoms with Crippen LogP contribution in [0.3, 0.4) is 0 Å². The molecule has 1 N–H and O–H groups in total. The molecule has 3 nitrogen and oxygen atoms in total. The number of halogens is 2. The molecule has 0 bridgehead atoms. The zero-order chi connectivity index (χ0) is 14.5. The Kier molecular flexibility index (Phi) is 4.89. The van der Waals surface area contributed by atoms with E-state index in [2.05, 4.69) is 22.2 Å². The van der Waals surface area contributed by atoms with Gasteiger partial charge in [0.15, 0.2) is 11.6 Å². The molecule has 1 aromatic heterocycles. The van der Waals surface area contributed by atoms with Crippen LogP contribution in [0.1, 0.15) is 18.9 Å². The largest absolute Gasteiger partial charge is 0.373 e. The van der Waals surface area contributed by atoms with Crippen LogP contribution < -0.4 is 5.32 Å². The number of anilines is 1. The SMILES string of the molecule is CCCc1c(NC)ncnc1Sc1ccc(F)c(F)c1. The minimum atomic E-state index is -0.852. The number of benzene rings is 1. The van der Waals surface area contributed by atoms with Crippen molar-refractivity contribution in [3.8, 4) is 0 Å². The molecule has 1 aromatic carbocycles. The molecule has 0 spiro atoms. The summed E-state index contributed by atoms with van der Waals surface area (Å²) in [5.41, 5.74) is 0.993. The standard InChI is InChI=1S/C14H15F2N3S/c1-3-4-10-13(17-2)18-8-19-14(10)20-9-5-6-11(15)12(16)7-9/h5-8H,3-4H2,1-2H3,(H,17,18,19). The fourth-order valence-electron chi connectivity index (χ4n) is 1.83. The van der Waals surface area contributed by atoms with E-state index >= 15 is 0 Å². The molecule has 2 rings (SSSR count). The molecule has 20 heavy (non-hydrogen) atoms. The summed E-state index contributed by atoms with van der Waals surface area (Å²) < 4.78 is 26.2. The second kappa shape index (κ2) is 6.65. The van der Waals surface area contributed by atoms with E-state index in [4.69, 9.17) is 0 Å². The van der Waals surface area contributed by atoms with Gasteiger partial charge in [0.1, 0.15) is 17.2 Å². The number of rotatable bonds is 5. The lowest BCUT2D eigenvalue weighted by Gasteiger charge is -2.11. The first-order valence-corrected chi connectivity index (χ1v) is 7.12. The summed E-state index contributed by atoms with van der Waals surface area (Å²) in [6, 6.07) is 3.84. The summed E-state index contributed by atoms with van der Waals surface area (Å²) in [5, 5.41) is 3.79. The molecule has 106 valence electrons. The van der Waals surface area contributed by atoms with E-state index in [1.807, 2.05) is 0 Å². The third-order valence-electron chi connectivity index (χ3n) is 2.75. The van der Waals surface area contributed by atoms with Crippen molar-refractivity contribution in [1.82, 2.24) is 9.97 Å². The molecule has 0 radical (unpaired) electrons. The zero-order valence-electron chi connectivity index (χ0n) is 11.3. The Bertz CT molecular complexity index is 605. The molecule has 2 aromatic rings. The molecular weight excluding hydrogens is 280 g/mol. The van der Waals surface area contributed by atoms with Crippen molar-refractivity contribution >= 4 is 17.6 Å². The topological polar surface area (TPSA) is 37.8 Å². The van der Waals surface area contributed by atoms with Gasteiger partial charge < -0.3 is 5.32 Å². The fourth-order valence-corrected chi connectivity index (χ4v) is 2.77. The van der Waals surface area contributed by atoms with Crippen LogP contribution in [0.25, 0.3) is 0 Å². The van der Waals surface area contributed by atoms with Crippen LogP contribution in [0.5, 0.6) is 0 Å². The summed E-state index contributed by atoms with van der Waals surface area (Å²) >= 11 is 1.31. The van der Waals surface area contributed by atoms with Crippen molar-refractivity contribution in [3.05, 3.63) is 41.7 Å². The predicted octanol–water partition coefficient (Wildman–Crippen LogP) is 3.90. The van der Waals surface area contributed by atoms with Crippen LogP contribution in [0.15, 0.2) is 34.4 Å². The summed E-state index contributed by atoms with van der Waals surface area (Å²) in [5.74, 6) is -0.927. The van der Waals surface area contributed by atoms with Gasteiger partial charge in [-0.2, -0.15) is 0 Å². The van der Waals surface area contributed by atoms with Crippen LogP contribution >= 0.6 is 11.8 Å². The third-order valence-corrected chi connectivity index (χ3v) is 3.78. The minimum absolute atomic E-state index is 0.613. The molecule has 0 unspecified atom stereocenters. The Hall–Kier alpha value is -1.69. The maximum atomic E-state index is 13.2. The maximum Gasteiger partial charge on any atom is 0.159 e. The van der Waals surface area contributed by atoms with Gasteiger partial charge in [-0.25, -0.2) is 18.7 Å². The maximum absolute atomic E-state index is 13.2. The average molecular weight is 295 g/mol. The minimum Gasteiger partial charge on any atom is -0.373 e. The van der Waals surface area contributed by atoms with Crippen molar-refractivity contribution in [3.63, 3.8) is 0 Å². The van der Waals surface area contributed by atoms with Crippen molar-refractivity contribution in [2.24, 2.45) is 0 Å². The van der Waals surface area contributed by atoms with Crippen LogP contribution in [-0.2, 0) is 6.42 Å². The highest BCUT2D eigenvalue weighted by atomic mass is 32.2. The third kappa shape index (κ3) is 3.25. The molecule has 0 aliphatic heterocycles. The average Bonchev–Trinajstić information content (AvgIpc) is 2.45. The lowest BCUT2D eigenvalue weighted by molar-refractivity contribution is 0.506. The summed E-state index contributed by atoms with van der Waals surface area (Å²) in [7, 11) is 1.80. The normalized spacial score (nSPS) is 10.6. The molecule has 1 heterocycles. The number of hydrogen-bond acceptors (Lipinski definition) is 4. The van der Waals surface area contributed by atoms with E-state index in [1.54, 1.807) is 13.1 Å². The van der Waals surface area contributed by atoms with Crippen molar-refractivity contribution in [1.29, 1.82) is 0 Å². The lowest BCUT2D eigenvalue weighted by atomic mass is 10.2. The molecule has 0 aliphatic rings. The van der Waals surface area contributed by atoms with Gasteiger partial charge in [-0.1, -0.05) is 25.1 Å². The Labute approximate surface area is 120 Å². The Morgan fingerprint density at radius 2 is 2.00 bits per heavy atom.